The number of nitro benzene ring substituents is 1. The highest BCUT2D eigenvalue weighted by Crippen LogP contribution is 2.34. The van der Waals surface area contributed by atoms with E-state index in [1.165, 1.54) is 6.07 Å². The molecule has 0 heterocycles. The first kappa shape index (κ1) is 13.4. The van der Waals surface area contributed by atoms with Gasteiger partial charge in [0.2, 0.25) is 0 Å². The van der Waals surface area contributed by atoms with E-state index in [1.54, 1.807) is 24.3 Å². The van der Waals surface area contributed by atoms with Crippen LogP contribution in [0.15, 0.2) is 42.5 Å². The van der Waals surface area contributed by atoms with Gasteiger partial charge in [-0.1, -0.05) is 12.1 Å². The maximum Gasteiger partial charge on any atom is 0.271 e. The van der Waals surface area contributed by atoms with Crippen molar-refractivity contribution in [2.75, 3.05) is 5.32 Å². The molecule has 2 N–H and O–H groups in total. The lowest BCUT2D eigenvalue weighted by molar-refractivity contribution is -0.384. The van der Waals surface area contributed by atoms with E-state index in [0.29, 0.717) is 0 Å². The lowest BCUT2D eigenvalue weighted by atomic mass is 9.87. The van der Waals surface area contributed by atoms with Crippen LogP contribution in [-0.2, 0) is 6.42 Å². The minimum atomic E-state index is -0.391. The minimum Gasteiger partial charge on any atom is -0.508 e. The molecule has 1 aliphatic carbocycles. The van der Waals surface area contributed by atoms with Gasteiger partial charge in [-0.05, 0) is 48.6 Å². The fourth-order valence-corrected chi connectivity index (χ4v) is 2.86. The molecular formula is C16H16N2O3. The number of aryl methyl sites for hydroxylation is 1. The zero-order valence-electron chi connectivity index (χ0n) is 11.5. The molecule has 0 aromatic heterocycles. The summed E-state index contributed by atoms with van der Waals surface area (Å²) >= 11 is 0. The van der Waals surface area contributed by atoms with Gasteiger partial charge in [0.1, 0.15) is 5.75 Å². The minimum absolute atomic E-state index is 0.0849. The molecule has 1 atom stereocenters. The molecule has 5 heteroatoms. The molecule has 5 nitrogen and oxygen atoms in total. The first-order valence-corrected chi connectivity index (χ1v) is 6.96. The van der Waals surface area contributed by atoms with Crippen molar-refractivity contribution in [3.8, 4) is 5.75 Å². The molecule has 0 bridgehead atoms. The van der Waals surface area contributed by atoms with Crippen LogP contribution in [0, 0.1) is 10.1 Å². The number of hydrogen-bond donors (Lipinski definition) is 2. The Kier molecular flexibility index (Phi) is 3.48. The number of aromatic hydroxyl groups is 1. The normalized spacial score (nSPS) is 17.0. The van der Waals surface area contributed by atoms with E-state index in [0.717, 1.165) is 36.1 Å². The van der Waals surface area contributed by atoms with Gasteiger partial charge < -0.3 is 10.4 Å². The number of non-ortho nitro benzene ring substituents is 1. The fraction of sp³-hybridized carbons (Fsp3) is 0.250. The summed E-state index contributed by atoms with van der Waals surface area (Å²) in [4.78, 5) is 10.4. The van der Waals surface area contributed by atoms with Gasteiger partial charge >= 0.3 is 0 Å². The van der Waals surface area contributed by atoms with Gasteiger partial charge in [-0.15, -0.1) is 0 Å². The second-order valence-corrected chi connectivity index (χ2v) is 5.28. The standard InChI is InChI=1S/C16H16N2O3/c19-14-7-8-15-11(9-14)3-1-6-16(15)17-12-4-2-5-13(10-12)18(20)21/h2,4-5,7-10,16-17,19H,1,3,6H2. The molecule has 0 spiro atoms. The molecule has 0 aliphatic heterocycles. The van der Waals surface area contributed by atoms with Crippen LogP contribution in [0.4, 0.5) is 11.4 Å². The summed E-state index contributed by atoms with van der Waals surface area (Å²) in [5.41, 5.74) is 3.13. The highest BCUT2D eigenvalue weighted by atomic mass is 16.6. The topological polar surface area (TPSA) is 75.4 Å². The Hall–Kier alpha value is -2.56. The van der Waals surface area contributed by atoms with Crippen molar-refractivity contribution in [3.05, 3.63) is 63.7 Å². The lowest BCUT2D eigenvalue weighted by Gasteiger charge is -2.27. The number of benzene rings is 2. The number of nitrogens with one attached hydrogen (secondary N) is 1. The van der Waals surface area contributed by atoms with Crippen LogP contribution in [0.1, 0.15) is 30.0 Å². The van der Waals surface area contributed by atoms with Crippen molar-refractivity contribution in [2.45, 2.75) is 25.3 Å². The van der Waals surface area contributed by atoms with E-state index in [2.05, 4.69) is 5.32 Å². The third kappa shape index (κ3) is 2.81. The smallest absolute Gasteiger partial charge is 0.271 e. The predicted molar refractivity (Wildman–Crippen MR) is 80.5 cm³/mol. The molecule has 0 amide bonds. The van der Waals surface area contributed by atoms with Gasteiger partial charge in [0.15, 0.2) is 0 Å². The van der Waals surface area contributed by atoms with Crippen LogP contribution < -0.4 is 5.32 Å². The van der Waals surface area contributed by atoms with Gasteiger partial charge in [0, 0.05) is 17.8 Å². The fourth-order valence-electron chi connectivity index (χ4n) is 2.86. The maximum absolute atomic E-state index is 10.8. The number of phenols is 1. The molecule has 0 fully saturated rings. The molecule has 0 radical (unpaired) electrons. The van der Waals surface area contributed by atoms with E-state index in [-0.39, 0.29) is 17.5 Å². The summed E-state index contributed by atoms with van der Waals surface area (Å²) in [6, 6.07) is 12.1. The molecule has 108 valence electrons. The zero-order chi connectivity index (χ0) is 14.8. The monoisotopic (exact) mass is 284 g/mol. The highest BCUT2D eigenvalue weighted by molar-refractivity contribution is 5.53. The highest BCUT2D eigenvalue weighted by Gasteiger charge is 2.20. The molecule has 0 saturated heterocycles. The number of anilines is 1. The van der Waals surface area contributed by atoms with Crippen molar-refractivity contribution >= 4 is 11.4 Å². The molecule has 2 aromatic carbocycles. The Morgan fingerprint density at radius 2 is 2.10 bits per heavy atom. The molecule has 3 rings (SSSR count). The summed E-state index contributed by atoms with van der Waals surface area (Å²) in [7, 11) is 0. The molecule has 21 heavy (non-hydrogen) atoms. The van der Waals surface area contributed by atoms with Gasteiger partial charge in [0.05, 0.1) is 11.0 Å². The summed E-state index contributed by atoms with van der Waals surface area (Å²) in [6.07, 6.45) is 2.96. The van der Waals surface area contributed by atoms with Crippen LogP contribution >= 0.6 is 0 Å². The summed E-state index contributed by atoms with van der Waals surface area (Å²) in [5, 5.41) is 23.8. The van der Waals surface area contributed by atoms with Crippen molar-refractivity contribution in [1.82, 2.24) is 0 Å². The largest absolute Gasteiger partial charge is 0.508 e. The first-order valence-electron chi connectivity index (χ1n) is 6.96. The zero-order valence-corrected chi connectivity index (χ0v) is 11.5. The molecule has 2 aromatic rings. The number of hydrogen-bond acceptors (Lipinski definition) is 4. The van der Waals surface area contributed by atoms with Crippen LogP contribution in [0.3, 0.4) is 0 Å². The van der Waals surface area contributed by atoms with Gasteiger partial charge in [-0.2, -0.15) is 0 Å². The summed E-state index contributed by atoms with van der Waals surface area (Å²) < 4.78 is 0. The summed E-state index contributed by atoms with van der Waals surface area (Å²) in [6.45, 7) is 0. The Morgan fingerprint density at radius 1 is 1.24 bits per heavy atom. The predicted octanol–water partition coefficient (Wildman–Crippen LogP) is 3.79. The van der Waals surface area contributed by atoms with E-state index in [4.69, 9.17) is 0 Å². The van der Waals surface area contributed by atoms with E-state index in [9.17, 15) is 15.2 Å². The maximum atomic E-state index is 10.8. The Labute approximate surface area is 122 Å². The average molecular weight is 284 g/mol. The number of rotatable bonds is 3. The molecular weight excluding hydrogens is 268 g/mol. The van der Waals surface area contributed by atoms with Crippen molar-refractivity contribution in [1.29, 1.82) is 0 Å². The van der Waals surface area contributed by atoms with Crippen LogP contribution in [-0.4, -0.2) is 10.0 Å². The molecule has 0 saturated carbocycles. The number of nitrogens with zero attached hydrogens (tertiary/aromatic N) is 1. The third-order valence-corrected chi connectivity index (χ3v) is 3.84. The van der Waals surface area contributed by atoms with Crippen molar-refractivity contribution in [3.63, 3.8) is 0 Å². The van der Waals surface area contributed by atoms with Gasteiger partial charge in [0.25, 0.3) is 5.69 Å². The Bertz CT molecular complexity index is 685. The van der Waals surface area contributed by atoms with Crippen LogP contribution in [0.5, 0.6) is 5.75 Å². The van der Waals surface area contributed by atoms with Gasteiger partial charge in [-0.25, -0.2) is 0 Å². The first-order chi connectivity index (χ1) is 10.1. The second-order valence-electron chi connectivity index (χ2n) is 5.28. The molecule has 1 aliphatic rings. The SMILES string of the molecule is O=[N+]([O-])c1cccc(NC2CCCc3cc(O)ccc32)c1. The number of fused-ring (bicyclic) bond motifs is 1. The van der Waals surface area contributed by atoms with E-state index < -0.39 is 4.92 Å². The Morgan fingerprint density at radius 3 is 2.90 bits per heavy atom. The Balaban J connectivity index is 1.86. The second kappa shape index (κ2) is 5.44. The van der Waals surface area contributed by atoms with Crippen LogP contribution in [0.25, 0.3) is 0 Å². The molecule has 1 unspecified atom stereocenters. The van der Waals surface area contributed by atoms with E-state index >= 15 is 0 Å². The van der Waals surface area contributed by atoms with E-state index in [1.807, 2.05) is 12.1 Å². The van der Waals surface area contributed by atoms with Crippen LogP contribution in [0.2, 0.25) is 0 Å². The summed E-state index contributed by atoms with van der Waals surface area (Å²) in [5.74, 6) is 0.282. The number of nitro groups is 1. The quantitative estimate of drug-likeness (QED) is 0.664. The van der Waals surface area contributed by atoms with Crippen molar-refractivity contribution in [2.24, 2.45) is 0 Å². The van der Waals surface area contributed by atoms with Gasteiger partial charge in [-0.3, -0.25) is 10.1 Å². The lowest BCUT2D eigenvalue weighted by Crippen LogP contribution is -2.17. The van der Waals surface area contributed by atoms with Crippen molar-refractivity contribution < 1.29 is 10.0 Å². The third-order valence-electron chi connectivity index (χ3n) is 3.84. The number of phenolic OH excluding ortho intramolecular Hbond substituents is 1. The average Bonchev–Trinajstić information content (AvgIpc) is 2.47.